The van der Waals surface area contributed by atoms with Crippen molar-refractivity contribution in [1.82, 2.24) is 0 Å². The van der Waals surface area contributed by atoms with Crippen molar-refractivity contribution < 1.29 is 20.4 Å². The van der Waals surface area contributed by atoms with Crippen LogP contribution in [0.3, 0.4) is 0 Å². The van der Waals surface area contributed by atoms with Gasteiger partial charge in [-0.05, 0) is 112 Å². The first-order valence-corrected chi connectivity index (χ1v) is 14.4. The van der Waals surface area contributed by atoms with Crippen LogP contribution in [0.1, 0.15) is 19.3 Å². The lowest BCUT2D eigenvalue weighted by molar-refractivity contribution is 0.460. The fourth-order valence-electron chi connectivity index (χ4n) is 7.31. The van der Waals surface area contributed by atoms with E-state index in [1.54, 1.807) is 0 Å². The Kier molecular flexibility index (Phi) is 4.57. The van der Waals surface area contributed by atoms with Crippen LogP contribution >= 0.6 is 0 Å². The van der Waals surface area contributed by atoms with Gasteiger partial charge in [-0.2, -0.15) is 0 Å². The summed E-state index contributed by atoms with van der Waals surface area (Å²) in [6.45, 7) is 0. The quantitative estimate of drug-likeness (QED) is 0.116. The van der Waals surface area contributed by atoms with Crippen LogP contribution in [0.5, 0.6) is 23.0 Å². The van der Waals surface area contributed by atoms with Gasteiger partial charge < -0.3 is 20.4 Å². The Labute approximate surface area is 240 Å². The summed E-state index contributed by atoms with van der Waals surface area (Å²) in [5.74, 6) is 0.924. The minimum absolute atomic E-state index is 0.139. The highest BCUT2D eigenvalue weighted by atomic mass is 16.3. The molecule has 0 saturated carbocycles. The molecule has 0 radical (unpaired) electrons. The van der Waals surface area contributed by atoms with Crippen molar-refractivity contribution in [3.63, 3.8) is 0 Å². The summed E-state index contributed by atoms with van der Waals surface area (Å²) >= 11 is 0. The maximum absolute atomic E-state index is 11.4. The Morgan fingerprint density at radius 2 is 0.952 bits per heavy atom. The smallest absolute Gasteiger partial charge is 0.131 e. The second-order valence-corrected chi connectivity index (χ2v) is 11.9. The summed E-state index contributed by atoms with van der Waals surface area (Å²) in [5, 5.41) is 56.2. The van der Waals surface area contributed by atoms with E-state index in [0.717, 1.165) is 51.6 Å². The van der Waals surface area contributed by atoms with E-state index in [4.69, 9.17) is 0 Å². The molecule has 1 atom stereocenters. The third kappa shape index (κ3) is 3.12. The minimum Gasteiger partial charge on any atom is -0.507 e. The first-order chi connectivity index (χ1) is 20.4. The molecule has 0 spiro atoms. The molecule has 0 aliphatic heterocycles. The monoisotopic (exact) mass is 546 g/mol. The van der Waals surface area contributed by atoms with Crippen molar-refractivity contribution in [3.05, 3.63) is 94.9 Å². The molecule has 2 aliphatic rings. The molecule has 0 saturated heterocycles. The van der Waals surface area contributed by atoms with Gasteiger partial charge in [0.05, 0.1) is 0 Å². The average Bonchev–Trinajstić information content (AvgIpc) is 3.02. The van der Waals surface area contributed by atoms with E-state index >= 15 is 0 Å². The Morgan fingerprint density at radius 3 is 1.48 bits per heavy atom. The van der Waals surface area contributed by atoms with Crippen molar-refractivity contribution in [2.24, 2.45) is 5.92 Å². The summed E-state index contributed by atoms with van der Waals surface area (Å²) in [4.78, 5) is 0. The number of phenolic OH excluding ortho intramolecular Hbond substituents is 4. The van der Waals surface area contributed by atoms with Gasteiger partial charge in [-0.25, -0.2) is 0 Å². The van der Waals surface area contributed by atoms with E-state index < -0.39 is 0 Å². The summed E-state index contributed by atoms with van der Waals surface area (Å²) in [6, 6.07) is 23.5. The number of allylic oxidation sites excluding steroid dienone is 2. The van der Waals surface area contributed by atoms with E-state index in [9.17, 15) is 20.4 Å². The third-order valence-corrected chi connectivity index (χ3v) is 9.49. The molecule has 0 bridgehead atoms. The van der Waals surface area contributed by atoms with Crippen LogP contribution in [0.2, 0.25) is 0 Å². The van der Waals surface area contributed by atoms with Gasteiger partial charge >= 0.3 is 0 Å². The first-order valence-electron chi connectivity index (χ1n) is 14.4. The highest BCUT2D eigenvalue weighted by Crippen LogP contribution is 2.45. The van der Waals surface area contributed by atoms with Crippen LogP contribution in [-0.2, 0) is 0 Å². The second kappa shape index (κ2) is 8.17. The molecular formula is C38H26O4. The Bertz CT molecular complexity index is 2540. The number of aromatic hydroxyl groups is 4. The number of phenols is 4. The van der Waals surface area contributed by atoms with Crippen LogP contribution in [-0.4, -0.2) is 20.4 Å². The number of rotatable bonds is 0. The second-order valence-electron chi connectivity index (χ2n) is 11.9. The first kappa shape index (κ1) is 23.5. The fraction of sp³-hybridized carbons (Fsp3) is 0.105. The molecule has 1 unspecified atom stereocenters. The molecule has 9 rings (SSSR count). The number of fused-ring (bicyclic) bond motifs is 8. The Balaban J connectivity index is 1.34. The maximum Gasteiger partial charge on any atom is 0.131 e. The normalized spacial score (nSPS) is 16.5. The van der Waals surface area contributed by atoms with E-state index in [1.807, 2.05) is 78.9 Å². The SMILES string of the molecule is Oc1c2c(c(O)c3cc4cc5cc6c(O)c7cc8ccccc8cc7c(O)c6cc5cc4cc13)=CC1CCCC=C1C=2. The summed E-state index contributed by atoms with van der Waals surface area (Å²) in [6.07, 6.45) is 9.59. The molecular weight excluding hydrogens is 520 g/mol. The number of hydrogen-bond donors (Lipinski definition) is 4. The predicted octanol–water partition coefficient (Wildman–Crippen LogP) is 7.73. The molecule has 7 aromatic carbocycles. The lowest BCUT2D eigenvalue weighted by Gasteiger charge is -2.23. The average molecular weight is 547 g/mol. The van der Waals surface area contributed by atoms with Crippen molar-refractivity contribution in [2.75, 3.05) is 0 Å². The molecule has 0 fully saturated rings. The molecule has 0 heterocycles. The van der Waals surface area contributed by atoms with E-state index in [1.165, 1.54) is 5.57 Å². The zero-order valence-electron chi connectivity index (χ0n) is 22.6. The van der Waals surface area contributed by atoms with Gasteiger partial charge in [0, 0.05) is 48.7 Å². The van der Waals surface area contributed by atoms with Crippen LogP contribution in [0.4, 0.5) is 0 Å². The van der Waals surface area contributed by atoms with Gasteiger partial charge in [-0.15, -0.1) is 0 Å². The van der Waals surface area contributed by atoms with Crippen molar-refractivity contribution >= 4 is 76.8 Å². The number of hydrogen-bond acceptors (Lipinski definition) is 4. The summed E-state index contributed by atoms with van der Waals surface area (Å²) in [7, 11) is 0. The lowest BCUT2D eigenvalue weighted by Crippen LogP contribution is -2.31. The molecule has 0 aromatic heterocycles. The highest BCUT2D eigenvalue weighted by molar-refractivity contribution is 6.18. The van der Waals surface area contributed by atoms with Gasteiger partial charge in [-0.3, -0.25) is 0 Å². The predicted molar refractivity (Wildman–Crippen MR) is 172 cm³/mol. The maximum atomic E-state index is 11.4. The molecule has 4 nitrogen and oxygen atoms in total. The van der Waals surface area contributed by atoms with Gasteiger partial charge in [-0.1, -0.05) is 36.4 Å². The molecule has 0 amide bonds. The standard InChI is InChI=1S/C38H26O4/c39-35-27-11-19-5-1-2-6-20(19)12-28(27)36(40)32-16-24-10-26-18-34-33(17-25(26)9-23(24)15-31(32)35)37(41)29-13-21-7-3-4-8-22(21)14-30(29)38(34)42/h1-2,5-7,9-18,22,39-42H,3-4,8H2. The molecule has 2 aliphatic carbocycles. The van der Waals surface area contributed by atoms with Crippen molar-refractivity contribution in [2.45, 2.75) is 19.3 Å². The minimum atomic E-state index is 0.139. The highest BCUT2D eigenvalue weighted by Gasteiger charge is 2.21. The van der Waals surface area contributed by atoms with Gasteiger partial charge in [0.2, 0.25) is 0 Å². The zero-order valence-corrected chi connectivity index (χ0v) is 22.6. The van der Waals surface area contributed by atoms with Crippen LogP contribution in [0.25, 0.3) is 76.8 Å². The molecule has 42 heavy (non-hydrogen) atoms. The Hall–Kier alpha value is -5.22. The zero-order chi connectivity index (χ0) is 28.3. The molecule has 4 N–H and O–H groups in total. The topological polar surface area (TPSA) is 80.9 Å². The Morgan fingerprint density at radius 1 is 0.500 bits per heavy atom. The largest absolute Gasteiger partial charge is 0.507 e. The number of benzene rings is 7. The van der Waals surface area contributed by atoms with E-state index in [0.29, 0.717) is 42.8 Å². The van der Waals surface area contributed by atoms with Gasteiger partial charge in [0.25, 0.3) is 0 Å². The third-order valence-electron chi connectivity index (χ3n) is 9.49. The van der Waals surface area contributed by atoms with E-state index in [2.05, 4.69) is 12.2 Å². The van der Waals surface area contributed by atoms with E-state index in [-0.39, 0.29) is 28.9 Å². The van der Waals surface area contributed by atoms with Crippen molar-refractivity contribution in [3.8, 4) is 23.0 Å². The molecule has 7 aromatic rings. The summed E-state index contributed by atoms with van der Waals surface area (Å²) in [5.41, 5.74) is 1.21. The van der Waals surface area contributed by atoms with Crippen LogP contribution < -0.4 is 10.4 Å². The molecule has 4 heteroatoms. The molecule has 202 valence electrons. The van der Waals surface area contributed by atoms with Gasteiger partial charge in [0.1, 0.15) is 23.0 Å². The van der Waals surface area contributed by atoms with Crippen LogP contribution in [0.15, 0.2) is 84.4 Å². The fourth-order valence-corrected chi connectivity index (χ4v) is 7.31. The van der Waals surface area contributed by atoms with Crippen LogP contribution in [0, 0.1) is 5.92 Å². The van der Waals surface area contributed by atoms with Crippen molar-refractivity contribution in [1.29, 1.82) is 0 Å². The van der Waals surface area contributed by atoms with Gasteiger partial charge in [0.15, 0.2) is 0 Å². The summed E-state index contributed by atoms with van der Waals surface area (Å²) < 4.78 is 0. The lowest BCUT2D eigenvalue weighted by atomic mass is 9.82.